The molecule has 3 aromatic carbocycles. The van der Waals surface area contributed by atoms with Crippen molar-refractivity contribution >= 4 is 40.6 Å². The van der Waals surface area contributed by atoms with Crippen LogP contribution in [0.5, 0.6) is 0 Å². The Hall–Kier alpha value is -4.32. The second-order valence-corrected chi connectivity index (χ2v) is 10.6. The highest BCUT2D eigenvalue weighted by molar-refractivity contribution is 6.27. The zero-order valence-electron chi connectivity index (χ0n) is 20.2. The molecule has 37 heavy (non-hydrogen) atoms. The van der Waals surface area contributed by atoms with Crippen molar-refractivity contribution in [2.75, 3.05) is 9.80 Å². The molecule has 6 heteroatoms. The molecule has 3 aromatic rings. The lowest BCUT2D eigenvalue weighted by Crippen LogP contribution is -2.57. The summed E-state index contributed by atoms with van der Waals surface area (Å²) in [5.41, 5.74) is 1.82. The minimum atomic E-state index is -0.998. The molecule has 182 valence electrons. The van der Waals surface area contributed by atoms with Crippen LogP contribution in [0, 0.1) is 35.0 Å². The smallest absolute Gasteiger partial charge is 0.238 e. The first-order valence-electron chi connectivity index (χ1n) is 12.6. The first kappa shape index (κ1) is 21.9. The van der Waals surface area contributed by atoms with Gasteiger partial charge in [-0.25, -0.2) is 0 Å². The predicted octanol–water partition coefficient (Wildman–Crippen LogP) is 4.33. The van der Waals surface area contributed by atoms with E-state index in [1.807, 2.05) is 55.5 Å². The maximum absolute atomic E-state index is 14.1. The number of hydrogen-bond donors (Lipinski definition) is 0. The fourth-order valence-corrected chi connectivity index (χ4v) is 7.40. The summed E-state index contributed by atoms with van der Waals surface area (Å²) in [7, 11) is 0. The highest BCUT2D eigenvalue weighted by atomic mass is 16.2. The third-order valence-corrected chi connectivity index (χ3v) is 8.78. The summed E-state index contributed by atoms with van der Waals surface area (Å²) in [4.78, 5) is 58.6. The highest BCUT2D eigenvalue weighted by Gasteiger charge is 2.74. The average Bonchev–Trinajstić information content (AvgIpc) is 3.36. The van der Waals surface area contributed by atoms with Crippen molar-refractivity contribution in [1.29, 1.82) is 0 Å². The lowest BCUT2D eigenvalue weighted by Gasteiger charge is -2.54. The quantitative estimate of drug-likeness (QED) is 0.515. The molecular weight excluding hydrogens is 464 g/mol. The molecule has 3 aliphatic carbocycles. The maximum Gasteiger partial charge on any atom is 0.238 e. The van der Waals surface area contributed by atoms with E-state index < -0.39 is 35.0 Å². The van der Waals surface area contributed by atoms with E-state index in [0.29, 0.717) is 11.4 Å². The van der Waals surface area contributed by atoms with Gasteiger partial charge in [-0.1, -0.05) is 79.7 Å². The average molecular weight is 489 g/mol. The Kier molecular flexibility index (Phi) is 4.50. The van der Waals surface area contributed by atoms with E-state index in [-0.39, 0.29) is 23.6 Å². The van der Waals surface area contributed by atoms with E-state index in [1.165, 1.54) is 9.80 Å². The molecule has 2 unspecified atom stereocenters. The monoisotopic (exact) mass is 488 g/mol. The topological polar surface area (TPSA) is 74.8 Å². The fraction of sp³-hybridized carbons (Fsp3) is 0.226. The van der Waals surface area contributed by atoms with Crippen LogP contribution < -0.4 is 9.80 Å². The minimum absolute atomic E-state index is 0.296. The normalized spacial score (nSPS) is 32.0. The second kappa shape index (κ2) is 7.59. The molecule has 0 spiro atoms. The lowest BCUT2D eigenvalue weighted by molar-refractivity contribution is -0.144. The zero-order valence-corrected chi connectivity index (χ0v) is 20.2. The van der Waals surface area contributed by atoms with E-state index in [9.17, 15) is 19.2 Å². The van der Waals surface area contributed by atoms with Gasteiger partial charge in [0.25, 0.3) is 0 Å². The number of para-hydroxylation sites is 2. The zero-order chi connectivity index (χ0) is 25.5. The summed E-state index contributed by atoms with van der Waals surface area (Å²) in [6.45, 7) is 1.89. The van der Waals surface area contributed by atoms with Crippen LogP contribution in [-0.2, 0) is 19.2 Å². The van der Waals surface area contributed by atoms with Gasteiger partial charge in [0, 0.05) is 11.3 Å². The number of imide groups is 2. The van der Waals surface area contributed by atoms with Crippen LogP contribution in [0.1, 0.15) is 12.5 Å². The second-order valence-electron chi connectivity index (χ2n) is 10.6. The molecule has 0 radical (unpaired) electrons. The molecule has 6 nitrogen and oxygen atoms in total. The van der Waals surface area contributed by atoms with Crippen molar-refractivity contribution in [3.63, 3.8) is 0 Å². The van der Waals surface area contributed by atoms with Gasteiger partial charge in [-0.05, 0) is 35.4 Å². The summed E-state index contributed by atoms with van der Waals surface area (Å²) < 4.78 is 0. The third-order valence-electron chi connectivity index (χ3n) is 8.78. The van der Waals surface area contributed by atoms with Gasteiger partial charge >= 0.3 is 0 Å². The van der Waals surface area contributed by atoms with Gasteiger partial charge in [0.05, 0.1) is 35.0 Å². The van der Waals surface area contributed by atoms with E-state index in [4.69, 9.17) is 0 Å². The molecule has 0 aromatic heterocycles. The molecule has 1 saturated carbocycles. The van der Waals surface area contributed by atoms with Crippen LogP contribution in [0.15, 0.2) is 97.1 Å². The highest BCUT2D eigenvalue weighted by Crippen LogP contribution is 2.67. The van der Waals surface area contributed by atoms with Crippen molar-refractivity contribution in [2.45, 2.75) is 6.92 Å². The summed E-state index contributed by atoms with van der Waals surface area (Å²) in [5.74, 6) is -4.62. The van der Waals surface area contributed by atoms with Crippen molar-refractivity contribution in [3.05, 3.63) is 103 Å². The number of nitrogens with zero attached hydrogens (tertiary/aromatic N) is 2. The van der Waals surface area contributed by atoms with E-state index in [1.54, 1.807) is 48.5 Å². The molecule has 2 heterocycles. The first-order chi connectivity index (χ1) is 17.9. The van der Waals surface area contributed by atoms with Crippen LogP contribution >= 0.6 is 0 Å². The van der Waals surface area contributed by atoms with Gasteiger partial charge in [0.1, 0.15) is 0 Å². The number of hydrogen-bond acceptors (Lipinski definition) is 4. The Morgan fingerprint density at radius 1 is 0.541 bits per heavy atom. The number of allylic oxidation sites excluding steroid dienone is 2. The van der Waals surface area contributed by atoms with Crippen LogP contribution in [0.3, 0.4) is 0 Å². The van der Waals surface area contributed by atoms with Gasteiger partial charge in [0.2, 0.25) is 23.6 Å². The standard InChI is InChI=1S/C31H24N2O4/c1-31-17-21(18-11-5-2-6-12-18)22(23-25(31)29(36)32(27(23)34)19-13-7-3-8-14-19)24-26(31)30(37)33(28(24)35)20-15-9-4-10-16-20/h2-17,22-26H,1H3/t22?,23-,24+,25+,26-,31?. The van der Waals surface area contributed by atoms with Crippen molar-refractivity contribution < 1.29 is 19.2 Å². The van der Waals surface area contributed by atoms with Crippen LogP contribution in [0.2, 0.25) is 0 Å². The number of rotatable bonds is 3. The number of amides is 4. The van der Waals surface area contributed by atoms with Gasteiger partial charge in [-0.3, -0.25) is 29.0 Å². The Balaban J connectivity index is 1.43. The van der Waals surface area contributed by atoms with Gasteiger partial charge in [-0.15, -0.1) is 0 Å². The Bertz CT molecular complexity index is 1410. The van der Waals surface area contributed by atoms with Crippen molar-refractivity contribution in [2.24, 2.45) is 35.0 Å². The lowest BCUT2D eigenvalue weighted by atomic mass is 9.45. The summed E-state index contributed by atoms with van der Waals surface area (Å²) in [6, 6.07) is 27.5. The SMILES string of the molecule is CC12C=C(c3ccccc3)C([C@H]3C(=O)N(c4ccccc4)C(=O)[C@H]31)[C@@H]1C(=O)N(c3ccccc3)C(=O)[C@@H]12. The van der Waals surface area contributed by atoms with Gasteiger partial charge < -0.3 is 0 Å². The van der Waals surface area contributed by atoms with Crippen molar-refractivity contribution in [3.8, 4) is 0 Å². The Morgan fingerprint density at radius 2 is 0.946 bits per heavy atom. The van der Waals surface area contributed by atoms with Crippen LogP contribution in [-0.4, -0.2) is 23.6 Å². The van der Waals surface area contributed by atoms with Gasteiger partial charge in [-0.2, -0.15) is 0 Å². The Labute approximate surface area is 214 Å². The van der Waals surface area contributed by atoms with Crippen molar-refractivity contribution in [1.82, 2.24) is 0 Å². The molecule has 2 bridgehead atoms. The first-order valence-corrected chi connectivity index (χ1v) is 12.6. The third kappa shape index (κ3) is 2.75. The Morgan fingerprint density at radius 3 is 1.38 bits per heavy atom. The molecule has 2 saturated heterocycles. The van der Waals surface area contributed by atoms with E-state index >= 15 is 0 Å². The fourth-order valence-electron chi connectivity index (χ4n) is 7.40. The summed E-state index contributed by atoms with van der Waals surface area (Å²) >= 11 is 0. The molecule has 4 amide bonds. The number of carbonyl (C=O) groups excluding carboxylic acids is 4. The molecular formula is C31H24N2O4. The minimum Gasteiger partial charge on any atom is -0.274 e. The number of anilines is 2. The van der Waals surface area contributed by atoms with Crippen LogP contribution in [0.25, 0.3) is 5.57 Å². The van der Waals surface area contributed by atoms with Crippen LogP contribution in [0.4, 0.5) is 11.4 Å². The molecule has 3 fully saturated rings. The molecule has 6 atom stereocenters. The molecule has 0 N–H and O–H groups in total. The molecule has 8 rings (SSSR count). The summed E-state index contributed by atoms with van der Waals surface area (Å²) in [6.07, 6.45) is 2.02. The largest absolute Gasteiger partial charge is 0.274 e. The molecule has 5 aliphatic rings. The maximum atomic E-state index is 14.1. The van der Waals surface area contributed by atoms with E-state index in [2.05, 4.69) is 0 Å². The predicted molar refractivity (Wildman–Crippen MR) is 138 cm³/mol. The van der Waals surface area contributed by atoms with E-state index in [0.717, 1.165) is 11.1 Å². The summed E-state index contributed by atoms with van der Waals surface area (Å²) in [5, 5.41) is 0. The molecule has 2 aliphatic heterocycles. The number of benzene rings is 3. The number of carbonyl (C=O) groups is 4. The van der Waals surface area contributed by atoms with Gasteiger partial charge in [0.15, 0.2) is 0 Å².